The van der Waals surface area contributed by atoms with Gasteiger partial charge in [-0.05, 0) is 31.2 Å². The molecule has 0 bridgehead atoms. The van der Waals surface area contributed by atoms with E-state index in [-0.39, 0.29) is 5.56 Å². The summed E-state index contributed by atoms with van der Waals surface area (Å²) in [4.78, 5) is 16.0. The third-order valence-corrected chi connectivity index (χ3v) is 3.60. The highest BCUT2D eigenvalue weighted by molar-refractivity contribution is 9.10. The van der Waals surface area contributed by atoms with Crippen molar-refractivity contribution in [3.63, 3.8) is 0 Å². The van der Waals surface area contributed by atoms with Crippen molar-refractivity contribution in [1.82, 2.24) is 15.2 Å². The van der Waals surface area contributed by atoms with E-state index in [0.717, 1.165) is 15.7 Å². The summed E-state index contributed by atoms with van der Waals surface area (Å²) in [6, 6.07) is 6.98. The Hall–Kier alpha value is -2.21. The molecular formula is C14H10BrN3O2. The highest BCUT2D eigenvalue weighted by Gasteiger charge is 2.15. The Kier molecular flexibility index (Phi) is 3.02. The number of hydrogen-bond donors (Lipinski definition) is 2. The summed E-state index contributed by atoms with van der Waals surface area (Å²) in [6.45, 7) is 1.87. The van der Waals surface area contributed by atoms with Crippen LogP contribution in [0, 0.1) is 6.92 Å². The second kappa shape index (κ2) is 4.72. The number of H-pyrrole nitrogens is 1. The lowest BCUT2D eigenvalue weighted by Gasteiger charge is -2.07. The average molecular weight is 332 g/mol. The standard InChI is InChI=1S/C14H10BrN3O2/c1-7-11(6-16-18-7)13-5-10(14(19)20)9-4-8(15)2-3-12(9)17-13/h2-6H,1H3,(H,16,18)(H,19,20). The number of aromatic carboxylic acids is 1. The van der Waals surface area contributed by atoms with Gasteiger partial charge >= 0.3 is 5.97 Å². The van der Waals surface area contributed by atoms with Gasteiger partial charge in [-0.15, -0.1) is 0 Å². The summed E-state index contributed by atoms with van der Waals surface area (Å²) >= 11 is 3.35. The molecule has 0 saturated heterocycles. The summed E-state index contributed by atoms with van der Waals surface area (Å²) in [7, 11) is 0. The fourth-order valence-corrected chi connectivity index (χ4v) is 2.48. The Morgan fingerprint density at radius 3 is 2.80 bits per heavy atom. The van der Waals surface area contributed by atoms with E-state index in [4.69, 9.17) is 0 Å². The van der Waals surface area contributed by atoms with Crippen LogP contribution in [0.2, 0.25) is 0 Å². The molecular weight excluding hydrogens is 322 g/mol. The van der Waals surface area contributed by atoms with Gasteiger partial charge in [0.1, 0.15) is 0 Å². The van der Waals surface area contributed by atoms with E-state index in [1.54, 1.807) is 24.4 Å². The highest BCUT2D eigenvalue weighted by Crippen LogP contribution is 2.28. The minimum Gasteiger partial charge on any atom is -0.478 e. The smallest absolute Gasteiger partial charge is 0.336 e. The van der Waals surface area contributed by atoms with Gasteiger partial charge in [-0.3, -0.25) is 5.10 Å². The predicted molar refractivity (Wildman–Crippen MR) is 78.7 cm³/mol. The molecule has 2 N–H and O–H groups in total. The Bertz CT molecular complexity index is 826. The molecule has 0 radical (unpaired) electrons. The Balaban J connectivity index is 2.34. The maximum atomic E-state index is 11.5. The molecule has 100 valence electrons. The molecule has 0 aliphatic rings. The fraction of sp³-hybridized carbons (Fsp3) is 0.0714. The number of benzene rings is 1. The molecule has 0 spiro atoms. The minimum absolute atomic E-state index is 0.229. The number of aromatic amines is 1. The van der Waals surface area contributed by atoms with Crippen molar-refractivity contribution in [3.05, 3.63) is 46.2 Å². The molecule has 2 heterocycles. The molecule has 0 saturated carbocycles. The van der Waals surface area contributed by atoms with E-state index >= 15 is 0 Å². The first-order valence-electron chi connectivity index (χ1n) is 5.90. The maximum absolute atomic E-state index is 11.5. The number of aryl methyl sites for hydroxylation is 1. The summed E-state index contributed by atoms with van der Waals surface area (Å²) in [5, 5.41) is 16.8. The fourth-order valence-electron chi connectivity index (χ4n) is 2.12. The molecule has 5 nitrogen and oxygen atoms in total. The molecule has 6 heteroatoms. The topological polar surface area (TPSA) is 78.9 Å². The SMILES string of the molecule is Cc1[nH]ncc1-c1cc(C(=O)O)c2cc(Br)ccc2n1. The van der Waals surface area contributed by atoms with Crippen LogP contribution in [0.4, 0.5) is 0 Å². The molecule has 0 amide bonds. The lowest BCUT2D eigenvalue weighted by atomic mass is 10.0. The van der Waals surface area contributed by atoms with Crippen molar-refractivity contribution < 1.29 is 9.90 Å². The van der Waals surface area contributed by atoms with Crippen molar-refractivity contribution in [1.29, 1.82) is 0 Å². The third-order valence-electron chi connectivity index (χ3n) is 3.11. The van der Waals surface area contributed by atoms with Crippen LogP contribution in [0.25, 0.3) is 22.2 Å². The zero-order valence-corrected chi connectivity index (χ0v) is 12.1. The Morgan fingerprint density at radius 1 is 1.35 bits per heavy atom. The van der Waals surface area contributed by atoms with Crippen LogP contribution in [0.5, 0.6) is 0 Å². The van der Waals surface area contributed by atoms with Crippen LogP contribution < -0.4 is 0 Å². The zero-order valence-electron chi connectivity index (χ0n) is 10.5. The van der Waals surface area contributed by atoms with Gasteiger partial charge < -0.3 is 5.11 Å². The third kappa shape index (κ3) is 2.08. The number of carboxylic acid groups (broad SMARTS) is 1. The summed E-state index contributed by atoms with van der Waals surface area (Å²) in [5.41, 5.74) is 3.13. The van der Waals surface area contributed by atoms with E-state index in [9.17, 15) is 9.90 Å². The normalized spacial score (nSPS) is 10.9. The van der Waals surface area contributed by atoms with Crippen LogP contribution in [-0.4, -0.2) is 26.3 Å². The lowest BCUT2D eigenvalue weighted by Crippen LogP contribution is -2.00. The number of nitrogens with one attached hydrogen (secondary N) is 1. The monoisotopic (exact) mass is 331 g/mol. The number of fused-ring (bicyclic) bond motifs is 1. The van der Waals surface area contributed by atoms with Crippen molar-refractivity contribution >= 4 is 32.8 Å². The highest BCUT2D eigenvalue weighted by atomic mass is 79.9. The minimum atomic E-state index is -0.974. The average Bonchev–Trinajstić information content (AvgIpc) is 2.83. The first kappa shape index (κ1) is 12.8. The molecule has 3 aromatic rings. The van der Waals surface area contributed by atoms with Crippen LogP contribution in [-0.2, 0) is 0 Å². The van der Waals surface area contributed by atoms with Crippen LogP contribution in [0.3, 0.4) is 0 Å². The van der Waals surface area contributed by atoms with Crippen LogP contribution in [0.1, 0.15) is 16.1 Å². The molecule has 3 rings (SSSR count). The molecule has 0 fully saturated rings. The maximum Gasteiger partial charge on any atom is 0.336 e. The lowest BCUT2D eigenvalue weighted by molar-refractivity contribution is 0.0699. The number of rotatable bonds is 2. The van der Waals surface area contributed by atoms with Crippen molar-refractivity contribution in [2.24, 2.45) is 0 Å². The van der Waals surface area contributed by atoms with Gasteiger partial charge in [0.2, 0.25) is 0 Å². The number of hydrogen-bond acceptors (Lipinski definition) is 3. The van der Waals surface area contributed by atoms with E-state index in [0.29, 0.717) is 16.6 Å². The molecule has 0 unspecified atom stereocenters. The number of halogens is 1. The quantitative estimate of drug-likeness (QED) is 0.754. The summed E-state index contributed by atoms with van der Waals surface area (Å²) in [5.74, 6) is -0.974. The van der Waals surface area contributed by atoms with Crippen LogP contribution in [0.15, 0.2) is 34.9 Å². The van der Waals surface area contributed by atoms with Gasteiger partial charge in [-0.2, -0.15) is 5.10 Å². The van der Waals surface area contributed by atoms with E-state index in [1.807, 2.05) is 13.0 Å². The van der Waals surface area contributed by atoms with Gasteiger partial charge in [0.15, 0.2) is 0 Å². The number of carboxylic acids is 1. The van der Waals surface area contributed by atoms with E-state index < -0.39 is 5.97 Å². The second-order valence-corrected chi connectivity index (χ2v) is 5.35. The van der Waals surface area contributed by atoms with E-state index in [1.165, 1.54) is 0 Å². The predicted octanol–water partition coefficient (Wildman–Crippen LogP) is 3.39. The van der Waals surface area contributed by atoms with Gasteiger partial charge in [0, 0.05) is 21.1 Å². The van der Waals surface area contributed by atoms with Gasteiger partial charge in [0.25, 0.3) is 0 Å². The van der Waals surface area contributed by atoms with Crippen molar-refractivity contribution in [2.45, 2.75) is 6.92 Å². The molecule has 1 aromatic carbocycles. The molecule has 0 aliphatic carbocycles. The number of pyridine rings is 1. The van der Waals surface area contributed by atoms with E-state index in [2.05, 4.69) is 31.1 Å². The van der Waals surface area contributed by atoms with Crippen molar-refractivity contribution in [2.75, 3.05) is 0 Å². The first-order chi connectivity index (χ1) is 9.56. The van der Waals surface area contributed by atoms with Crippen LogP contribution >= 0.6 is 15.9 Å². The van der Waals surface area contributed by atoms with Gasteiger partial charge in [-0.25, -0.2) is 9.78 Å². The number of aromatic nitrogens is 3. The Labute approximate surface area is 122 Å². The molecule has 0 atom stereocenters. The zero-order chi connectivity index (χ0) is 14.3. The molecule has 0 aliphatic heterocycles. The molecule has 2 aromatic heterocycles. The molecule has 20 heavy (non-hydrogen) atoms. The summed E-state index contributed by atoms with van der Waals surface area (Å²) < 4.78 is 0.821. The number of carbonyl (C=O) groups is 1. The first-order valence-corrected chi connectivity index (χ1v) is 6.69. The van der Waals surface area contributed by atoms with Crippen molar-refractivity contribution in [3.8, 4) is 11.3 Å². The Morgan fingerprint density at radius 2 is 2.15 bits per heavy atom. The number of nitrogens with zero attached hydrogens (tertiary/aromatic N) is 2. The van der Waals surface area contributed by atoms with Gasteiger partial charge in [0.05, 0.1) is 23.0 Å². The largest absolute Gasteiger partial charge is 0.478 e. The second-order valence-electron chi connectivity index (χ2n) is 4.43. The summed E-state index contributed by atoms with van der Waals surface area (Å²) in [6.07, 6.45) is 1.65. The van der Waals surface area contributed by atoms with Gasteiger partial charge in [-0.1, -0.05) is 15.9 Å².